The largest absolute Gasteiger partial charge is 0.493 e. The van der Waals surface area contributed by atoms with Gasteiger partial charge in [0.05, 0.1) is 26.9 Å². The van der Waals surface area contributed by atoms with Gasteiger partial charge in [-0.2, -0.15) is 0 Å². The van der Waals surface area contributed by atoms with Crippen molar-refractivity contribution in [3.63, 3.8) is 0 Å². The molecule has 1 aromatic heterocycles. The molecule has 2 rings (SSSR count). The van der Waals surface area contributed by atoms with E-state index in [1.807, 2.05) is 37.3 Å². The lowest BCUT2D eigenvalue weighted by molar-refractivity contribution is 0.113. The summed E-state index contributed by atoms with van der Waals surface area (Å²) in [4.78, 5) is 2.14. The molecule has 0 aliphatic carbocycles. The van der Waals surface area contributed by atoms with Crippen molar-refractivity contribution < 1.29 is 19.0 Å². The number of hydrogen-bond acceptors (Lipinski definition) is 5. The Morgan fingerprint density at radius 1 is 1.09 bits per heavy atom. The fraction of sp³-hybridized carbons (Fsp3) is 0.444. The summed E-state index contributed by atoms with van der Waals surface area (Å²) in [5, 5.41) is 9.75. The Kier molecular flexibility index (Phi) is 6.07. The lowest BCUT2D eigenvalue weighted by Gasteiger charge is -2.23. The summed E-state index contributed by atoms with van der Waals surface area (Å²) >= 11 is 0. The van der Waals surface area contributed by atoms with Crippen LogP contribution in [0.4, 0.5) is 0 Å². The van der Waals surface area contributed by atoms with Crippen LogP contribution in [0.5, 0.6) is 11.5 Å². The standard InChI is InChI=1S/C18H25NO4/c1-13(20)10-19(12-16-7-5-14(2)23-16)11-15-6-8-17(21-3)18(9-15)22-4/h5-9,13,20H,10-12H2,1-4H3. The molecule has 126 valence electrons. The first-order chi connectivity index (χ1) is 11.0. The number of hydrogen-bond donors (Lipinski definition) is 1. The molecule has 1 atom stereocenters. The van der Waals surface area contributed by atoms with Crippen molar-refractivity contribution in [3.05, 3.63) is 47.4 Å². The van der Waals surface area contributed by atoms with Crippen molar-refractivity contribution in [2.75, 3.05) is 20.8 Å². The molecule has 1 aromatic carbocycles. The zero-order valence-corrected chi connectivity index (χ0v) is 14.2. The van der Waals surface area contributed by atoms with Crippen molar-refractivity contribution in [2.45, 2.75) is 33.0 Å². The van der Waals surface area contributed by atoms with Gasteiger partial charge in [-0.15, -0.1) is 0 Å². The van der Waals surface area contributed by atoms with Crippen molar-refractivity contribution >= 4 is 0 Å². The molecule has 0 saturated heterocycles. The maximum Gasteiger partial charge on any atom is 0.161 e. The zero-order valence-electron chi connectivity index (χ0n) is 14.2. The fourth-order valence-electron chi connectivity index (χ4n) is 2.59. The number of furan rings is 1. The first-order valence-corrected chi connectivity index (χ1v) is 7.68. The molecule has 23 heavy (non-hydrogen) atoms. The molecule has 0 spiro atoms. The summed E-state index contributed by atoms with van der Waals surface area (Å²) in [5.41, 5.74) is 1.09. The quantitative estimate of drug-likeness (QED) is 0.810. The number of rotatable bonds is 8. The van der Waals surface area contributed by atoms with Gasteiger partial charge < -0.3 is 19.0 Å². The summed E-state index contributed by atoms with van der Waals surface area (Å²) in [6, 6.07) is 9.78. The Labute approximate surface area is 137 Å². The predicted octanol–water partition coefficient (Wildman–Crippen LogP) is 2.99. The second-order valence-electron chi connectivity index (χ2n) is 5.72. The smallest absolute Gasteiger partial charge is 0.161 e. The van der Waals surface area contributed by atoms with Crippen LogP contribution in [0.3, 0.4) is 0 Å². The summed E-state index contributed by atoms with van der Waals surface area (Å²) in [7, 11) is 3.25. The van der Waals surface area contributed by atoms with Crippen molar-refractivity contribution in [1.82, 2.24) is 4.90 Å². The second kappa shape index (κ2) is 8.04. The van der Waals surface area contributed by atoms with Crippen LogP contribution in [-0.2, 0) is 13.1 Å². The minimum Gasteiger partial charge on any atom is -0.493 e. The van der Waals surface area contributed by atoms with Gasteiger partial charge in [0.2, 0.25) is 0 Å². The monoisotopic (exact) mass is 319 g/mol. The van der Waals surface area contributed by atoms with Gasteiger partial charge in [-0.1, -0.05) is 6.07 Å². The van der Waals surface area contributed by atoms with Crippen LogP contribution in [0.25, 0.3) is 0 Å². The molecular formula is C18H25NO4. The van der Waals surface area contributed by atoms with Crippen LogP contribution >= 0.6 is 0 Å². The lowest BCUT2D eigenvalue weighted by atomic mass is 10.1. The van der Waals surface area contributed by atoms with Gasteiger partial charge in [0.15, 0.2) is 11.5 Å². The van der Waals surface area contributed by atoms with Gasteiger partial charge in [-0.25, -0.2) is 0 Å². The van der Waals surface area contributed by atoms with Crippen molar-refractivity contribution in [2.24, 2.45) is 0 Å². The molecule has 0 radical (unpaired) electrons. The van der Waals surface area contributed by atoms with Crippen LogP contribution in [0, 0.1) is 6.92 Å². The highest BCUT2D eigenvalue weighted by atomic mass is 16.5. The highest BCUT2D eigenvalue weighted by molar-refractivity contribution is 5.42. The number of nitrogens with zero attached hydrogens (tertiary/aromatic N) is 1. The van der Waals surface area contributed by atoms with E-state index in [1.54, 1.807) is 21.1 Å². The predicted molar refractivity (Wildman–Crippen MR) is 88.8 cm³/mol. The average molecular weight is 319 g/mol. The number of ether oxygens (including phenoxy) is 2. The van der Waals surface area contributed by atoms with Gasteiger partial charge >= 0.3 is 0 Å². The number of aryl methyl sites for hydroxylation is 1. The third kappa shape index (κ3) is 5.01. The Morgan fingerprint density at radius 2 is 1.83 bits per heavy atom. The molecule has 1 heterocycles. The maximum atomic E-state index is 9.75. The van der Waals surface area contributed by atoms with E-state index in [-0.39, 0.29) is 0 Å². The molecule has 1 unspecified atom stereocenters. The second-order valence-corrected chi connectivity index (χ2v) is 5.72. The molecule has 0 amide bonds. The molecule has 0 aliphatic rings. The van der Waals surface area contributed by atoms with Gasteiger partial charge in [0.25, 0.3) is 0 Å². The molecular weight excluding hydrogens is 294 g/mol. The van der Waals surface area contributed by atoms with Gasteiger partial charge in [0.1, 0.15) is 11.5 Å². The van der Waals surface area contributed by atoms with E-state index >= 15 is 0 Å². The number of aliphatic hydroxyl groups excluding tert-OH is 1. The first-order valence-electron chi connectivity index (χ1n) is 7.68. The molecule has 0 aliphatic heterocycles. The molecule has 5 nitrogen and oxygen atoms in total. The topological polar surface area (TPSA) is 55.1 Å². The summed E-state index contributed by atoms with van der Waals surface area (Å²) in [6.07, 6.45) is -0.411. The summed E-state index contributed by atoms with van der Waals surface area (Å²) in [5.74, 6) is 3.20. The third-order valence-electron chi connectivity index (χ3n) is 3.55. The van der Waals surface area contributed by atoms with Gasteiger partial charge in [0, 0.05) is 13.1 Å². The zero-order chi connectivity index (χ0) is 16.8. The fourth-order valence-corrected chi connectivity index (χ4v) is 2.59. The highest BCUT2D eigenvalue weighted by Crippen LogP contribution is 2.28. The van der Waals surface area contributed by atoms with Gasteiger partial charge in [-0.3, -0.25) is 4.90 Å². The Hall–Kier alpha value is -1.98. The summed E-state index contributed by atoms with van der Waals surface area (Å²) in [6.45, 7) is 5.61. The normalized spacial score (nSPS) is 12.4. The Balaban J connectivity index is 2.13. The van der Waals surface area contributed by atoms with Crippen LogP contribution in [0.1, 0.15) is 24.0 Å². The Bertz CT molecular complexity index is 621. The minimum atomic E-state index is -0.411. The van der Waals surface area contributed by atoms with Crippen LogP contribution in [-0.4, -0.2) is 36.9 Å². The van der Waals surface area contributed by atoms with Crippen molar-refractivity contribution in [3.8, 4) is 11.5 Å². The van der Waals surface area contributed by atoms with Gasteiger partial charge in [-0.05, 0) is 43.7 Å². The number of methoxy groups -OCH3 is 2. The van der Waals surface area contributed by atoms with Crippen molar-refractivity contribution in [1.29, 1.82) is 0 Å². The van der Waals surface area contributed by atoms with Crippen LogP contribution in [0.2, 0.25) is 0 Å². The molecule has 0 bridgehead atoms. The van der Waals surface area contributed by atoms with E-state index in [9.17, 15) is 5.11 Å². The van der Waals surface area contributed by atoms with E-state index in [0.717, 1.165) is 17.1 Å². The van der Waals surface area contributed by atoms with E-state index in [2.05, 4.69) is 4.90 Å². The molecule has 0 saturated carbocycles. The SMILES string of the molecule is COc1ccc(CN(Cc2ccc(C)o2)CC(C)O)cc1OC. The third-order valence-corrected chi connectivity index (χ3v) is 3.55. The maximum absolute atomic E-state index is 9.75. The van der Waals surface area contributed by atoms with Crippen LogP contribution < -0.4 is 9.47 Å². The molecule has 2 aromatic rings. The molecule has 1 N–H and O–H groups in total. The molecule has 5 heteroatoms. The van der Waals surface area contributed by atoms with E-state index in [4.69, 9.17) is 13.9 Å². The summed E-state index contributed by atoms with van der Waals surface area (Å²) < 4.78 is 16.3. The number of aliphatic hydroxyl groups is 1. The van der Waals surface area contributed by atoms with E-state index in [1.165, 1.54) is 0 Å². The minimum absolute atomic E-state index is 0.411. The number of benzene rings is 1. The Morgan fingerprint density at radius 3 is 2.39 bits per heavy atom. The first kappa shape index (κ1) is 17.4. The average Bonchev–Trinajstić information content (AvgIpc) is 2.91. The highest BCUT2D eigenvalue weighted by Gasteiger charge is 2.13. The molecule has 0 fully saturated rings. The van der Waals surface area contributed by atoms with E-state index in [0.29, 0.717) is 31.1 Å². The van der Waals surface area contributed by atoms with Crippen LogP contribution in [0.15, 0.2) is 34.7 Å². The lowest BCUT2D eigenvalue weighted by Crippen LogP contribution is -2.30. The van der Waals surface area contributed by atoms with E-state index < -0.39 is 6.10 Å².